The molecule has 0 amide bonds. The molecule has 0 aliphatic carbocycles. The van der Waals surface area contributed by atoms with Gasteiger partial charge in [0.1, 0.15) is 0 Å². The monoisotopic (exact) mass is 307 g/mol. The van der Waals surface area contributed by atoms with Crippen LogP contribution < -0.4 is 10.2 Å². The number of rotatable bonds is 4. The number of H-pyrrole nitrogens is 1. The Hall–Kier alpha value is -0.740. The number of thiazole rings is 1. The highest BCUT2D eigenvalue weighted by Crippen LogP contribution is 2.20. The van der Waals surface area contributed by atoms with Gasteiger partial charge >= 0.3 is 4.87 Å². The Morgan fingerprint density at radius 3 is 2.79 bits per heavy atom. The Bertz CT molecular complexity index is 586. The molecule has 0 saturated carbocycles. The highest BCUT2D eigenvalue weighted by molar-refractivity contribution is 7.91. The molecular formula is C10H17N3O4S2. The molecule has 2 N–H and O–H groups in total. The van der Waals surface area contributed by atoms with Crippen LogP contribution in [0.1, 0.15) is 5.69 Å². The summed E-state index contributed by atoms with van der Waals surface area (Å²) in [6, 6.07) is 0. The lowest BCUT2D eigenvalue weighted by Crippen LogP contribution is -2.45. The van der Waals surface area contributed by atoms with Gasteiger partial charge in [-0.2, -0.15) is 4.31 Å². The summed E-state index contributed by atoms with van der Waals surface area (Å²) in [5, 5.41) is 3.15. The third-order valence-electron chi connectivity index (χ3n) is 2.89. The lowest BCUT2D eigenvalue weighted by atomic mass is 10.3. The lowest BCUT2D eigenvalue weighted by Gasteiger charge is -2.27. The van der Waals surface area contributed by atoms with Crippen LogP contribution in [-0.2, 0) is 14.8 Å². The standard InChI is InChI=1S/C10H17N3O4S2/c1-7-9(18-10(14)12-7)19(15,16)13(2)6-8-5-11-3-4-17-8/h8,11H,3-6H2,1-2H3,(H,12,14). The summed E-state index contributed by atoms with van der Waals surface area (Å²) in [6.07, 6.45) is -0.163. The van der Waals surface area contributed by atoms with Gasteiger partial charge in [-0.25, -0.2) is 8.42 Å². The van der Waals surface area contributed by atoms with Gasteiger partial charge in [-0.3, -0.25) is 4.79 Å². The fourth-order valence-corrected chi connectivity index (χ4v) is 4.59. The fraction of sp³-hybridized carbons (Fsp3) is 0.700. The van der Waals surface area contributed by atoms with Gasteiger partial charge in [-0.1, -0.05) is 11.3 Å². The number of aromatic nitrogens is 1. The lowest BCUT2D eigenvalue weighted by molar-refractivity contribution is 0.0206. The number of ether oxygens (including phenoxy) is 1. The summed E-state index contributed by atoms with van der Waals surface area (Å²) < 4.78 is 31.5. The topological polar surface area (TPSA) is 91.5 Å². The van der Waals surface area contributed by atoms with Crippen molar-refractivity contribution in [2.75, 3.05) is 33.3 Å². The third-order valence-corrected chi connectivity index (χ3v) is 6.30. The zero-order valence-electron chi connectivity index (χ0n) is 10.8. The Morgan fingerprint density at radius 1 is 1.53 bits per heavy atom. The van der Waals surface area contributed by atoms with Crippen molar-refractivity contribution in [1.29, 1.82) is 0 Å². The Labute approximate surface area is 115 Å². The quantitative estimate of drug-likeness (QED) is 0.771. The number of likely N-dealkylation sites (N-methyl/N-ethyl adjacent to an activating group) is 1. The second-order valence-corrected chi connectivity index (χ2v) is 7.63. The van der Waals surface area contributed by atoms with Crippen LogP contribution >= 0.6 is 11.3 Å². The van der Waals surface area contributed by atoms with Gasteiger partial charge in [0.15, 0.2) is 4.21 Å². The Kier molecular flexibility index (Phi) is 4.41. The number of sulfonamides is 1. The van der Waals surface area contributed by atoms with E-state index in [9.17, 15) is 13.2 Å². The molecule has 1 aromatic heterocycles. The number of aromatic amines is 1. The highest BCUT2D eigenvalue weighted by Gasteiger charge is 2.28. The van der Waals surface area contributed by atoms with Crippen molar-refractivity contribution >= 4 is 21.4 Å². The van der Waals surface area contributed by atoms with Crippen LogP contribution in [0.3, 0.4) is 0 Å². The van der Waals surface area contributed by atoms with Crippen LogP contribution in [0.2, 0.25) is 0 Å². The highest BCUT2D eigenvalue weighted by atomic mass is 32.2. The van der Waals surface area contributed by atoms with E-state index in [0.717, 1.165) is 6.54 Å². The number of hydrogen-bond acceptors (Lipinski definition) is 6. The van der Waals surface area contributed by atoms with Gasteiger partial charge in [-0.05, 0) is 6.92 Å². The first-order valence-corrected chi connectivity index (χ1v) is 8.15. The van der Waals surface area contributed by atoms with Crippen molar-refractivity contribution in [1.82, 2.24) is 14.6 Å². The summed E-state index contributed by atoms with van der Waals surface area (Å²) in [5.41, 5.74) is 0.379. The molecule has 0 bridgehead atoms. The first kappa shape index (κ1) is 14.7. The van der Waals surface area contributed by atoms with E-state index in [4.69, 9.17) is 4.74 Å². The first-order chi connectivity index (χ1) is 8.91. The largest absolute Gasteiger partial charge is 0.374 e. The molecule has 1 fully saturated rings. The maximum atomic E-state index is 12.3. The van der Waals surface area contributed by atoms with Crippen molar-refractivity contribution in [2.24, 2.45) is 0 Å². The molecule has 0 spiro atoms. The van der Waals surface area contributed by atoms with Crippen LogP contribution in [0.5, 0.6) is 0 Å². The van der Waals surface area contributed by atoms with Gasteiger partial charge in [0, 0.05) is 32.4 Å². The number of hydrogen-bond donors (Lipinski definition) is 2. The van der Waals surface area contributed by atoms with Gasteiger partial charge in [0.2, 0.25) is 0 Å². The SMILES string of the molecule is Cc1[nH]c(=O)sc1S(=O)(=O)N(C)CC1CNCCO1. The van der Waals surface area contributed by atoms with Crippen LogP contribution in [0, 0.1) is 6.92 Å². The normalized spacial score (nSPS) is 20.9. The van der Waals surface area contributed by atoms with E-state index in [1.165, 1.54) is 11.4 Å². The molecule has 1 unspecified atom stereocenters. The molecule has 0 aromatic carbocycles. The van der Waals surface area contributed by atoms with E-state index in [1.807, 2.05) is 0 Å². The molecule has 1 aliphatic rings. The first-order valence-electron chi connectivity index (χ1n) is 5.89. The second kappa shape index (κ2) is 5.71. The molecule has 2 heterocycles. The van der Waals surface area contributed by atoms with E-state index >= 15 is 0 Å². The van der Waals surface area contributed by atoms with Crippen molar-refractivity contribution in [2.45, 2.75) is 17.2 Å². The summed E-state index contributed by atoms with van der Waals surface area (Å²) in [7, 11) is -2.14. The number of aryl methyl sites for hydroxylation is 1. The molecule has 2 rings (SSSR count). The zero-order valence-corrected chi connectivity index (χ0v) is 12.4. The minimum atomic E-state index is -3.64. The van der Waals surface area contributed by atoms with E-state index in [-0.39, 0.29) is 21.7 Å². The Morgan fingerprint density at radius 2 is 2.26 bits per heavy atom. The molecule has 19 heavy (non-hydrogen) atoms. The molecule has 9 heteroatoms. The van der Waals surface area contributed by atoms with Gasteiger partial charge in [0.05, 0.1) is 12.7 Å². The van der Waals surface area contributed by atoms with Gasteiger partial charge < -0.3 is 15.0 Å². The van der Waals surface area contributed by atoms with Crippen LogP contribution in [0.25, 0.3) is 0 Å². The van der Waals surface area contributed by atoms with E-state index < -0.39 is 10.0 Å². The minimum absolute atomic E-state index is 0.0729. The zero-order chi connectivity index (χ0) is 14.0. The number of nitrogens with zero attached hydrogens (tertiary/aromatic N) is 1. The van der Waals surface area contributed by atoms with Gasteiger partial charge in [0.25, 0.3) is 10.0 Å². The van der Waals surface area contributed by atoms with Crippen LogP contribution in [0.15, 0.2) is 9.00 Å². The molecule has 1 saturated heterocycles. The molecule has 108 valence electrons. The van der Waals surface area contributed by atoms with Crippen molar-refractivity contribution in [3.8, 4) is 0 Å². The van der Waals surface area contributed by atoms with Crippen LogP contribution in [-0.4, -0.2) is 57.1 Å². The summed E-state index contributed by atoms with van der Waals surface area (Å²) in [4.78, 5) is 13.3. The summed E-state index contributed by atoms with van der Waals surface area (Å²) in [6.45, 7) is 3.83. The molecule has 1 atom stereocenters. The fourth-order valence-electron chi connectivity index (χ4n) is 1.90. The maximum Gasteiger partial charge on any atom is 0.305 e. The molecule has 0 radical (unpaired) electrons. The average Bonchev–Trinajstić information content (AvgIpc) is 2.70. The predicted molar refractivity (Wildman–Crippen MR) is 72.1 cm³/mol. The molecule has 1 aliphatic heterocycles. The molecule has 7 nitrogen and oxygen atoms in total. The number of morpholine rings is 1. The predicted octanol–water partition coefficient (Wildman–Crippen LogP) is -0.646. The Balaban J connectivity index is 2.14. The number of nitrogens with one attached hydrogen (secondary N) is 2. The maximum absolute atomic E-state index is 12.3. The minimum Gasteiger partial charge on any atom is -0.374 e. The van der Waals surface area contributed by atoms with Crippen molar-refractivity contribution in [3.05, 3.63) is 15.4 Å². The van der Waals surface area contributed by atoms with E-state index in [2.05, 4.69) is 10.3 Å². The van der Waals surface area contributed by atoms with Crippen molar-refractivity contribution in [3.63, 3.8) is 0 Å². The van der Waals surface area contributed by atoms with Gasteiger partial charge in [-0.15, -0.1) is 0 Å². The summed E-state index contributed by atoms with van der Waals surface area (Å²) >= 11 is 0.714. The van der Waals surface area contributed by atoms with E-state index in [0.29, 0.717) is 30.2 Å². The summed E-state index contributed by atoms with van der Waals surface area (Å²) in [5.74, 6) is 0. The van der Waals surface area contributed by atoms with E-state index in [1.54, 1.807) is 6.92 Å². The average molecular weight is 307 g/mol. The molecule has 1 aromatic rings. The third kappa shape index (κ3) is 3.23. The smallest absolute Gasteiger partial charge is 0.305 e. The van der Waals surface area contributed by atoms with Crippen LogP contribution in [0.4, 0.5) is 0 Å². The second-order valence-electron chi connectivity index (χ2n) is 4.41. The molecular weight excluding hydrogens is 290 g/mol. The van der Waals surface area contributed by atoms with Crippen molar-refractivity contribution < 1.29 is 13.2 Å².